The Morgan fingerprint density at radius 2 is 1.96 bits per heavy atom. The summed E-state index contributed by atoms with van der Waals surface area (Å²) in [6.45, 7) is 0.541. The van der Waals surface area contributed by atoms with E-state index in [1.807, 2.05) is 24.4 Å². The molecule has 2 aromatic carbocycles. The van der Waals surface area contributed by atoms with Gasteiger partial charge in [-0.25, -0.2) is 0 Å². The molecule has 0 amide bonds. The van der Waals surface area contributed by atoms with Crippen LogP contribution in [-0.2, 0) is 6.54 Å². The highest BCUT2D eigenvalue weighted by Crippen LogP contribution is 2.27. The Balaban J connectivity index is 1.81. The van der Waals surface area contributed by atoms with Crippen LogP contribution in [0.2, 0.25) is 0 Å². The van der Waals surface area contributed by atoms with Crippen molar-refractivity contribution in [2.75, 3.05) is 14.2 Å². The summed E-state index contributed by atoms with van der Waals surface area (Å²) in [7, 11) is 3.06. The van der Waals surface area contributed by atoms with Gasteiger partial charge in [0.2, 0.25) is 0 Å². The second-order valence-electron chi connectivity index (χ2n) is 6.01. The highest BCUT2D eigenvalue weighted by atomic mass is 79.9. The van der Waals surface area contributed by atoms with Gasteiger partial charge in [-0.2, -0.15) is 5.10 Å². The number of phenolic OH excluding ortho intramolecular Hbond substituents is 1. The van der Waals surface area contributed by atoms with E-state index in [0.717, 1.165) is 21.3 Å². The molecule has 0 radical (unpaired) electrons. The third kappa shape index (κ3) is 4.61. The lowest BCUT2D eigenvalue weighted by molar-refractivity contribution is 0.104. The molecular formula is C21H19BrN2O4. The average molecular weight is 443 g/mol. The van der Waals surface area contributed by atoms with Crippen LogP contribution < -0.4 is 9.47 Å². The smallest absolute Gasteiger partial charge is 0.185 e. The molecule has 0 saturated carbocycles. The van der Waals surface area contributed by atoms with E-state index in [1.165, 1.54) is 25.3 Å². The predicted molar refractivity (Wildman–Crippen MR) is 110 cm³/mol. The van der Waals surface area contributed by atoms with Gasteiger partial charge in [-0.05, 0) is 57.9 Å². The van der Waals surface area contributed by atoms with Crippen LogP contribution in [0.15, 0.2) is 59.3 Å². The molecular weight excluding hydrogens is 424 g/mol. The molecule has 0 fully saturated rings. The number of methoxy groups -OCH3 is 2. The number of halogens is 1. The van der Waals surface area contributed by atoms with Crippen molar-refractivity contribution in [3.63, 3.8) is 0 Å². The van der Waals surface area contributed by atoms with E-state index in [2.05, 4.69) is 21.0 Å². The summed E-state index contributed by atoms with van der Waals surface area (Å²) in [5, 5.41) is 13.9. The summed E-state index contributed by atoms with van der Waals surface area (Å²) in [5.74, 6) is 0.814. The number of hydrogen-bond donors (Lipinski definition) is 1. The third-order valence-electron chi connectivity index (χ3n) is 4.13. The average Bonchev–Trinajstić information content (AvgIpc) is 3.11. The summed E-state index contributed by atoms with van der Waals surface area (Å²) in [5.41, 5.74) is 2.24. The first-order valence-electron chi connectivity index (χ1n) is 8.44. The number of nitrogens with zero attached hydrogens (tertiary/aromatic N) is 2. The van der Waals surface area contributed by atoms with Gasteiger partial charge in [0.1, 0.15) is 5.75 Å². The van der Waals surface area contributed by atoms with Gasteiger partial charge in [0.15, 0.2) is 17.3 Å². The van der Waals surface area contributed by atoms with Crippen LogP contribution in [0.3, 0.4) is 0 Å². The zero-order valence-electron chi connectivity index (χ0n) is 15.4. The molecule has 1 aromatic heterocycles. The van der Waals surface area contributed by atoms with E-state index in [4.69, 9.17) is 9.47 Å². The Bertz CT molecular complexity index is 1030. The number of aromatic hydroxyl groups is 1. The zero-order valence-corrected chi connectivity index (χ0v) is 17.0. The molecule has 0 saturated heterocycles. The molecule has 1 heterocycles. The number of allylic oxidation sites excluding steroid dienone is 1. The van der Waals surface area contributed by atoms with Crippen molar-refractivity contribution in [2.45, 2.75) is 6.54 Å². The topological polar surface area (TPSA) is 73.6 Å². The fourth-order valence-electron chi connectivity index (χ4n) is 2.72. The van der Waals surface area contributed by atoms with Crippen molar-refractivity contribution < 1.29 is 19.4 Å². The lowest BCUT2D eigenvalue weighted by Crippen LogP contribution is -2.02. The molecule has 3 rings (SSSR count). The number of ether oxygens (including phenoxy) is 2. The van der Waals surface area contributed by atoms with E-state index in [1.54, 1.807) is 30.1 Å². The predicted octanol–water partition coefficient (Wildman–Crippen LogP) is 4.31. The van der Waals surface area contributed by atoms with Gasteiger partial charge in [0, 0.05) is 17.3 Å². The first kappa shape index (κ1) is 19.7. The van der Waals surface area contributed by atoms with Crippen molar-refractivity contribution in [2.24, 2.45) is 0 Å². The van der Waals surface area contributed by atoms with Crippen LogP contribution in [0.25, 0.3) is 6.08 Å². The summed E-state index contributed by atoms with van der Waals surface area (Å²) in [6, 6.07) is 10.2. The highest BCUT2D eigenvalue weighted by Gasteiger charge is 2.09. The highest BCUT2D eigenvalue weighted by molar-refractivity contribution is 9.10. The molecule has 1 N–H and O–H groups in total. The second kappa shape index (κ2) is 8.75. The summed E-state index contributed by atoms with van der Waals surface area (Å²) >= 11 is 3.39. The maximum atomic E-state index is 12.4. The van der Waals surface area contributed by atoms with Gasteiger partial charge in [0.05, 0.1) is 31.4 Å². The first-order chi connectivity index (χ1) is 13.5. The van der Waals surface area contributed by atoms with Crippen LogP contribution >= 0.6 is 15.9 Å². The van der Waals surface area contributed by atoms with Crippen molar-refractivity contribution in [1.29, 1.82) is 0 Å². The molecule has 0 unspecified atom stereocenters. The van der Waals surface area contributed by atoms with Crippen molar-refractivity contribution >= 4 is 27.8 Å². The van der Waals surface area contributed by atoms with Crippen molar-refractivity contribution in [3.05, 3.63) is 76.0 Å². The van der Waals surface area contributed by atoms with Gasteiger partial charge < -0.3 is 14.6 Å². The normalized spacial score (nSPS) is 11.0. The summed E-state index contributed by atoms with van der Waals surface area (Å²) < 4.78 is 13.2. The van der Waals surface area contributed by atoms with Crippen LogP contribution in [0.4, 0.5) is 0 Å². The molecule has 6 nitrogen and oxygen atoms in total. The minimum Gasteiger partial charge on any atom is -0.504 e. The number of carbonyl (C=O) groups excluding carboxylic acids is 1. The molecule has 28 heavy (non-hydrogen) atoms. The minimum atomic E-state index is -0.188. The van der Waals surface area contributed by atoms with E-state index in [0.29, 0.717) is 12.1 Å². The molecule has 3 aromatic rings. The number of rotatable bonds is 7. The molecule has 7 heteroatoms. The first-order valence-corrected chi connectivity index (χ1v) is 9.23. The van der Waals surface area contributed by atoms with Crippen LogP contribution in [-0.4, -0.2) is 34.9 Å². The lowest BCUT2D eigenvalue weighted by atomic mass is 10.1. The number of carbonyl (C=O) groups is 1. The molecule has 0 spiro atoms. The summed E-state index contributed by atoms with van der Waals surface area (Å²) in [4.78, 5) is 12.4. The molecule has 0 aliphatic carbocycles. The van der Waals surface area contributed by atoms with Gasteiger partial charge in [-0.3, -0.25) is 9.48 Å². The summed E-state index contributed by atoms with van der Waals surface area (Å²) in [6.07, 6.45) is 6.83. The minimum absolute atomic E-state index is 0.00640. The Hall–Kier alpha value is -3.06. The molecule has 144 valence electrons. The Morgan fingerprint density at radius 1 is 1.18 bits per heavy atom. The van der Waals surface area contributed by atoms with Gasteiger partial charge in [-0.15, -0.1) is 0 Å². The number of hydrogen-bond acceptors (Lipinski definition) is 5. The standard InChI is InChI=1S/C21H19BrN2O4/c1-27-20-8-4-14(9-16(20)12-24-13-17(22)11-23-24)3-6-18(25)15-5-7-19(26)21(10-15)28-2/h3-11,13,26H,12H2,1-2H3/b6-3+. The van der Waals surface area contributed by atoms with Crippen LogP contribution in [0.1, 0.15) is 21.5 Å². The number of ketones is 1. The van der Waals surface area contributed by atoms with E-state index < -0.39 is 0 Å². The second-order valence-corrected chi connectivity index (χ2v) is 6.93. The van der Waals surface area contributed by atoms with Crippen molar-refractivity contribution in [1.82, 2.24) is 9.78 Å². The Morgan fingerprint density at radius 3 is 2.64 bits per heavy atom. The Kier molecular flexibility index (Phi) is 6.16. The molecule has 0 aliphatic rings. The number of aromatic nitrogens is 2. The Labute approximate surface area is 171 Å². The van der Waals surface area contributed by atoms with Gasteiger partial charge in [0.25, 0.3) is 0 Å². The number of phenols is 1. The van der Waals surface area contributed by atoms with E-state index in [-0.39, 0.29) is 17.3 Å². The van der Waals surface area contributed by atoms with Crippen molar-refractivity contribution in [3.8, 4) is 17.2 Å². The SMILES string of the molecule is COc1cc(C(=O)/C=C/c2ccc(OC)c(Cn3cc(Br)cn3)c2)ccc1O. The largest absolute Gasteiger partial charge is 0.504 e. The maximum absolute atomic E-state index is 12.4. The van der Waals surface area contributed by atoms with Gasteiger partial charge in [-0.1, -0.05) is 12.1 Å². The molecule has 0 atom stereocenters. The molecule has 0 aliphatic heterocycles. The van der Waals surface area contributed by atoms with E-state index >= 15 is 0 Å². The fourth-order valence-corrected chi connectivity index (χ4v) is 3.05. The number of benzene rings is 2. The van der Waals surface area contributed by atoms with Crippen LogP contribution in [0.5, 0.6) is 17.2 Å². The monoisotopic (exact) mass is 442 g/mol. The van der Waals surface area contributed by atoms with Crippen LogP contribution in [0, 0.1) is 0 Å². The van der Waals surface area contributed by atoms with Gasteiger partial charge >= 0.3 is 0 Å². The fraction of sp³-hybridized carbons (Fsp3) is 0.143. The molecule has 0 bridgehead atoms. The third-order valence-corrected chi connectivity index (χ3v) is 4.54. The zero-order chi connectivity index (χ0) is 20.1. The maximum Gasteiger partial charge on any atom is 0.185 e. The van der Waals surface area contributed by atoms with E-state index in [9.17, 15) is 9.90 Å². The lowest BCUT2D eigenvalue weighted by Gasteiger charge is -2.10. The quantitative estimate of drug-likeness (QED) is 0.435.